The van der Waals surface area contributed by atoms with E-state index in [4.69, 9.17) is 0 Å². The number of hydrogen-bond acceptors (Lipinski definition) is 6. The molecule has 0 spiro atoms. The second kappa shape index (κ2) is 9.82. The van der Waals surface area contributed by atoms with Crippen LogP contribution in [-0.4, -0.2) is 46.4 Å². The van der Waals surface area contributed by atoms with Crippen molar-refractivity contribution >= 4 is 15.8 Å². The topological polar surface area (TPSA) is 126 Å². The number of aliphatic carboxylic acids is 1. The van der Waals surface area contributed by atoms with Gasteiger partial charge in [0.2, 0.25) is 0 Å². The van der Waals surface area contributed by atoms with Crippen LogP contribution in [0.25, 0.3) is 11.1 Å². The third-order valence-corrected chi connectivity index (χ3v) is 6.52. The first kappa shape index (κ1) is 22.6. The van der Waals surface area contributed by atoms with E-state index in [2.05, 4.69) is 20.6 Å². The molecule has 1 aromatic heterocycles. The summed E-state index contributed by atoms with van der Waals surface area (Å²) in [5.41, 5.74) is 2.81. The van der Waals surface area contributed by atoms with Gasteiger partial charge in [0.05, 0.1) is 10.8 Å². The van der Waals surface area contributed by atoms with Crippen LogP contribution in [0.1, 0.15) is 43.5 Å². The van der Waals surface area contributed by atoms with Gasteiger partial charge < -0.3 is 5.11 Å². The number of carboxylic acid groups (broad SMARTS) is 1. The van der Waals surface area contributed by atoms with E-state index in [0.29, 0.717) is 18.7 Å². The van der Waals surface area contributed by atoms with Gasteiger partial charge in [0.25, 0.3) is 0 Å². The van der Waals surface area contributed by atoms with Crippen LogP contribution in [0.3, 0.4) is 0 Å². The highest BCUT2D eigenvalue weighted by atomic mass is 32.2. The van der Waals surface area contributed by atoms with E-state index in [1.165, 1.54) is 6.26 Å². The number of benzene rings is 2. The number of nitrogens with one attached hydrogen (secondary N) is 1. The van der Waals surface area contributed by atoms with Gasteiger partial charge in [-0.3, -0.25) is 4.79 Å². The van der Waals surface area contributed by atoms with E-state index < -0.39 is 21.7 Å². The number of H-pyrrole nitrogens is 1. The maximum Gasteiger partial charge on any atom is 0.307 e. The highest BCUT2D eigenvalue weighted by molar-refractivity contribution is 7.90. The Labute approximate surface area is 181 Å². The molecule has 2 atom stereocenters. The molecule has 0 saturated carbocycles. The number of nitrogens with zero attached hydrogens (tertiary/aromatic N) is 3. The zero-order chi connectivity index (χ0) is 22.4. The average Bonchev–Trinajstić information content (AvgIpc) is 3.27. The van der Waals surface area contributed by atoms with Crippen LogP contribution in [0.4, 0.5) is 0 Å². The minimum atomic E-state index is -3.23. The molecular weight excluding hydrogens is 416 g/mol. The molecule has 0 aliphatic rings. The Balaban J connectivity index is 1.82. The van der Waals surface area contributed by atoms with Gasteiger partial charge in [-0.15, -0.1) is 10.2 Å². The summed E-state index contributed by atoms with van der Waals surface area (Å²) in [5.74, 6) is -1.43. The lowest BCUT2D eigenvalue weighted by Gasteiger charge is -2.21. The van der Waals surface area contributed by atoms with Gasteiger partial charge in [-0.1, -0.05) is 61.4 Å². The Hall–Kier alpha value is -3.07. The second-order valence-corrected chi connectivity index (χ2v) is 9.68. The summed E-state index contributed by atoms with van der Waals surface area (Å²) in [6.45, 7) is 2.03. The predicted octanol–water partition coefficient (Wildman–Crippen LogP) is 3.49. The monoisotopic (exact) mass is 442 g/mol. The molecule has 0 amide bonds. The van der Waals surface area contributed by atoms with Crippen LogP contribution in [0.15, 0.2) is 53.4 Å². The quantitative estimate of drug-likeness (QED) is 0.492. The van der Waals surface area contributed by atoms with E-state index in [-0.39, 0.29) is 10.8 Å². The smallest absolute Gasteiger partial charge is 0.307 e. The standard InChI is InChI=1S/C22H26N4O4S/c1-3-4-5-19(22(27)28)20(21-23-25-26-24-21)14-15-6-8-16(9-7-15)17-10-12-18(13-11-17)31(2,29)30/h6-13,19-20H,3-5,14H2,1-2H3,(H,27,28)(H,23,24,25,26)/t19-,20+/m0/s1. The number of sulfone groups is 1. The van der Waals surface area contributed by atoms with Gasteiger partial charge in [-0.2, -0.15) is 5.21 Å². The van der Waals surface area contributed by atoms with E-state index in [0.717, 1.165) is 29.5 Å². The zero-order valence-electron chi connectivity index (χ0n) is 17.5. The van der Waals surface area contributed by atoms with Crippen molar-refractivity contribution in [3.63, 3.8) is 0 Å². The number of aromatic nitrogens is 4. The molecule has 0 unspecified atom stereocenters. The summed E-state index contributed by atoms with van der Waals surface area (Å²) in [6, 6.07) is 14.5. The van der Waals surface area contributed by atoms with Crippen molar-refractivity contribution in [1.82, 2.24) is 20.6 Å². The Morgan fingerprint density at radius 2 is 1.68 bits per heavy atom. The number of unbranched alkanes of at least 4 members (excludes halogenated alkanes) is 1. The lowest BCUT2D eigenvalue weighted by Crippen LogP contribution is -2.25. The van der Waals surface area contributed by atoms with Crippen LogP contribution < -0.4 is 0 Å². The van der Waals surface area contributed by atoms with Gasteiger partial charge in [-0.05, 0) is 41.7 Å². The lowest BCUT2D eigenvalue weighted by molar-refractivity contribution is -0.143. The highest BCUT2D eigenvalue weighted by Gasteiger charge is 2.32. The molecule has 164 valence electrons. The average molecular weight is 443 g/mol. The fourth-order valence-corrected chi connectivity index (χ4v) is 4.27. The first-order valence-corrected chi connectivity index (χ1v) is 12.0. The number of aromatic amines is 1. The van der Waals surface area contributed by atoms with Crippen molar-refractivity contribution in [2.24, 2.45) is 5.92 Å². The van der Waals surface area contributed by atoms with Gasteiger partial charge >= 0.3 is 5.97 Å². The highest BCUT2D eigenvalue weighted by Crippen LogP contribution is 2.31. The minimum absolute atomic E-state index is 0.280. The maximum absolute atomic E-state index is 11.9. The normalized spacial score (nSPS) is 13.6. The number of carboxylic acids is 1. The van der Waals surface area contributed by atoms with Crippen molar-refractivity contribution in [3.05, 3.63) is 59.9 Å². The summed E-state index contributed by atoms with van der Waals surface area (Å²) < 4.78 is 23.3. The summed E-state index contributed by atoms with van der Waals surface area (Å²) in [6.07, 6.45) is 3.94. The number of rotatable bonds is 10. The van der Waals surface area contributed by atoms with Gasteiger partial charge in [0.1, 0.15) is 0 Å². The van der Waals surface area contributed by atoms with Gasteiger partial charge in [-0.25, -0.2) is 8.42 Å². The summed E-state index contributed by atoms with van der Waals surface area (Å²) >= 11 is 0. The molecule has 3 rings (SSSR count). The summed E-state index contributed by atoms with van der Waals surface area (Å²) in [7, 11) is -3.23. The van der Waals surface area contributed by atoms with E-state index in [1.54, 1.807) is 24.3 Å². The molecule has 1 heterocycles. The molecule has 0 fully saturated rings. The molecule has 9 heteroatoms. The summed E-state index contributed by atoms with van der Waals surface area (Å²) in [4.78, 5) is 12.2. The SMILES string of the molecule is CCCC[C@H](C(=O)O)[C@@H](Cc1ccc(-c2ccc(S(C)(=O)=O)cc2)cc1)c1nn[nH]n1. The molecule has 0 bridgehead atoms. The molecule has 8 nitrogen and oxygen atoms in total. The third-order valence-electron chi connectivity index (χ3n) is 5.39. The molecule has 31 heavy (non-hydrogen) atoms. The Morgan fingerprint density at radius 3 is 2.16 bits per heavy atom. The van der Waals surface area contributed by atoms with Crippen molar-refractivity contribution in [1.29, 1.82) is 0 Å². The molecule has 2 N–H and O–H groups in total. The molecule has 3 aromatic rings. The van der Waals surface area contributed by atoms with Crippen LogP contribution in [0.2, 0.25) is 0 Å². The van der Waals surface area contributed by atoms with Crippen LogP contribution >= 0.6 is 0 Å². The Bertz CT molecular complexity index is 1100. The largest absolute Gasteiger partial charge is 0.481 e. The van der Waals surface area contributed by atoms with Crippen LogP contribution in [0, 0.1) is 5.92 Å². The van der Waals surface area contributed by atoms with Crippen LogP contribution in [-0.2, 0) is 21.1 Å². The van der Waals surface area contributed by atoms with Crippen molar-refractivity contribution in [2.75, 3.05) is 6.26 Å². The van der Waals surface area contributed by atoms with Crippen molar-refractivity contribution < 1.29 is 18.3 Å². The second-order valence-electron chi connectivity index (χ2n) is 7.66. The number of carbonyl (C=O) groups is 1. The molecule has 2 aromatic carbocycles. The van der Waals surface area contributed by atoms with Crippen LogP contribution in [0.5, 0.6) is 0 Å². The Morgan fingerprint density at radius 1 is 1.06 bits per heavy atom. The minimum Gasteiger partial charge on any atom is -0.481 e. The number of tetrazole rings is 1. The van der Waals surface area contributed by atoms with Gasteiger partial charge in [0, 0.05) is 12.2 Å². The first-order chi connectivity index (χ1) is 14.8. The Kier molecular flexibility index (Phi) is 7.17. The molecule has 0 saturated heterocycles. The van der Waals surface area contributed by atoms with E-state index >= 15 is 0 Å². The van der Waals surface area contributed by atoms with Crippen molar-refractivity contribution in [3.8, 4) is 11.1 Å². The predicted molar refractivity (Wildman–Crippen MR) is 116 cm³/mol. The molecular formula is C22H26N4O4S. The molecule has 0 radical (unpaired) electrons. The third kappa shape index (κ3) is 5.75. The van der Waals surface area contributed by atoms with Gasteiger partial charge in [0.15, 0.2) is 15.7 Å². The summed E-state index contributed by atoms with van der Waals surface area (Å²) in [5, 5.41) is 23.9. The van der Waals surface area contributed by atoms with Crippen molar-refractivity contribution in [2.45, 2.75) is 43.4 Å². The zero-order valence-corrected chi connectivity index (χ0v) is 18.3. The molecule has 0 aliphatic heterocycles. The number of hydrogen-bond donors (Lipinski definition) is 2. The van der Waals surface area contributed by atoms with E-state index in [1.807, 2.05) is 31.2 Å². The fourth-order valence-electron chi connectivity index (χ4n) is 3.64. The fraction of sp³-hybridized carbons (Fsp3) is 0.364. The molecule has 0 aliphatic carbocycles. The maximum atomic E-state index is 11.9. The lowest BCUT2D eigenvalue weighted by atomic mass is 9.83. The first-order valence-electron chi connectivity index (χ1n) is 10.1. The van der Waals surface area contributed by atoms with E-state index in [9.17, 15) is 18.3 Å².